The van der Waals surface area contributed by atoms with E-state index in [1.165, 1.54) is 17.5 Å². The maximum atomic E-state index is 12.6. The first-order chi connectivity index (χ1) is 10.5. The number of primary amides is 1. The number of fused-ring (bicyclic) bond motifs is 1. The number of rotatable bonds is 3. The standard InChI is InChI=1S/C18H24N2O2/c1-12-5-7-16(18(19)22)11-20(12)17(21)10-13-6-8-14-3-2-4-15(14)9-13/h6,8-9,12,16H,2-5,7,10-11H2,1H3,(H2,19,22)/t12-,16-/m1/s1. The van der Waals surface area contributed by atoms with E-state index in [1.807, 2.05) is 4.90 Å². The molecule has 1 aromatic rings. The molecule has 2 atom stereocenters. The van der Waals surface area contributed by atoms with Crippen molar-refractivity contribution < 1.29 is 9.59 Å². The van der Waals surface area contributed by atoms with Gasteiger partial charge in [-0.3, -0.25) is 9.59 Å². The summed E-state index contributed by atoms with van der Waals surface area (Å²) in [4.78, 5) is 25.9. The van der Waals surface area contributed by atoms with Crippen LogP contribution >= 0.6 is 0 Å². The van der Waals surface area contributed by atoms with Gasteiger partial charge in [-0.25, -0.2) is 0 Å². The Hall–Kier alpha value is -1.84. The minimum Gasteiger partial charge on any atom is -0.369 e. The lowest BCUT2D eigenvalue weighted by atomic mass is 9.92. The van der Waals surface area contributed by atoms with E-state index >= 15 is 0 Å². The van der Waals surface area contributed by atoms with Gasteiger partial charge in [0.15, 0.2) is 0 Å². The summed E-state index contributed by atoms with van der Waals surface area (Å²) >= 11 is 0. The van der Waals surface area contributed by atoms with Crippen molar-refractivity contribution in [2.45, 2.75) is 51.5 Å². The fourth-order valence-corrected chi connectivity index (χ4v) is 3.70. The number of carbonyl (C=O) groups is 2. The Bertz CT molecular complexity index is 597. The highest BCUT2D eigenvalue weighted by atomic mass is 16.2. The second-order valence-corrected chi connectivity index (χ2v) is 6.71. The third kappa shape index (κ3) is 3.01. The zero-order chi connectivity index (χ0) is 15.7. The maximum Gasteiger partial charge on any atom is 0.227 e. The Morgan fingerprint density at radius 2 is 2.00 bits per heavy atom. The molecule has 1 heterocycles. The predicted molar refractivity (Wildman–Crippen MR) is 85.3 cm³/mol. The lowest BCUT2D eigenvalue weighted by Crippen LogP contribution is -2.49. The molecule has 22 heavy (non-hydrogen) atoms. The fourth-order valence-electron chi connectivity index (χ4n) is 3.70. The van der Waals surface area contributed by atoms with Crippen molar-refractivity contribution in [1.29, 1.82) is 0 Å². The SMILES string of the molecule is C[C@@H]1CC[C@@H](C(N)=O)CN1C(=O)Cc1ccc2c(c1)CCC2. The van der Waals surface area contributed by atoms with Crippen molar-refractivity contribution in [3.8, 4) is 0 Å². The minimum absolute atomic E-state index is 0.108. The molecule has 1 aliphatic carbocycles. The van der Waals surface area contributed by atoms with Crippen LogP contribution in [-0.2, 0) is 28.9 Å². The largest absolute Gasteiger partial charge is 0.369 e. The predicted octanol–water partition coefficient (Wildman–Crippen LogP) is 1.83. The Labute approximate surface area is 131 Å². The van der Waals surface area contributed by atoms with Crippen molar-refractivity contribution in [2.75, 3.05) is 6.54 Å². The van der Waals surface area contributed by atoms with Crippen LogP contribution in [0.3, 0.4) is 0 Å². The van der Waals surface area contributed by atoms with Crippen molar-refractivity contribution in [2.24, 2.45) is 11.7 Å². The quantitative estimate of drug-likeness (QED) is 0.925. The summed E-state index contributed by atoms with van der Waals surface area (Å²) in [6, 6.07) is 6.61. The highest BCUT2D eigenvalue weighted by Gasteiger charge is 2.31. The number of hydrogen-bond acceptors (Lipinski definition) is 2. The van der Waals surface area contributed by atoms with Crippen molar-refractivity contribution in [3.05, 3.63) is 34.9 Å². The zero-order valence-electron chi connectivity index (χ0n) is 13.2. The number of carbonyl (C=O) groups excluding carboxylic acids is 2. The maximum absolute atomic E-state index is 12.6. The van der Waals surface area contributed by atoms with Crippen molar-refractivity contribution in [1.82, 2.24) is 4.90 Å². The number of amides is 2. The molecule has 1 fully saturated rings. The number of nitrogens with zero attached hydrogens (tertiary/aromatic N) is 1. The van der Waals surface area contributed by atoms with Gasteiger partial charge in [0.25, 0.3) is 0 Å². The van der Waals surface area contributed by atoms with Gasteiger partial charge in [0.1, 0.15) is 0 Å². The summed E-state index contributed by atoms with van der Waals surface area (Å²) in [5.41, 5.74) is 9.32. The van der Waals surface area contributed by atoms with Gasteiger partial charge >= 0.3 is 0 Å². The number of likely N-dealkylation sites (tertiary alicyclic amines) is 1. The molecule has 4 nitrogen and oxygen atoms in total. The molecule has 2 aliphatic rings. The third-order valence-corrected chi connectivity index (χ3v) is 5.12. The number of hydrogen-bond donors (Lipinski definition) is 1. The third-order valence-electron chi connectivity index (χ3n) is 5.12. The molecule has 1 saturated heterocycles. The molecule has 2 N–H and O–H groups in total. The Morgan fingerprint density at radius 3 is 2.77 bits per heavy atom. The van der Waals surface area contributed by atoms with Crippen LogP contribution < -0.4 is 5.73 Å². The molecule has 1 aromatic carbocycles. The molecule has 0 bridgehead atoms. The van der Waals surface area contributed by atoms with E-state index in [0.717, 1.165) is 31.2 Å². The van der Waals surface area contributed by atoms with Gasteiger partial charge < -0.3 is 10.6 Å². The first-order valence-electron chi connectivity index (χ1n) is 8.24. The molecular weight excluding hydrogens is 276 g/mol. The second-order valence-electron chi connectivity index (χ2n) is 6.71. The number of piperidine rings is 1. The molecule has 1 aliphatic heterocycles. The van der Waals surface area contributed by atoms with E-state index in [0.29, 0.717) is 13.0 Å². The molecule has 3 rings (SSSR count). The number of nitrogens with two attached hydrogens (primary N) is 1. The average molecular weight is 300 g/mol. The van der Waals surface area contributed by atoms with Crippen molar-refractivity contribution >= 4 is 11.8 Å². The van der Waals surface area contributed by atoms with E-state index in [-0.39, 0.29) is 23.8 Å². The van der Waals surface area contributed by atoms with Crippen LogP contribution in [0.25, 0.3) is 0 Å². The molecule has 0 unspecified atom stereocenters. The van der Waals surface area contributed by atoms with Crippen LogP contribution in [0.15, 0.2) is 18.2 Å². The number of benzene rings is 1. The molecule has 2 amide bonds. The van der Waals surface area contributed by atoms with E-state index in [2.05, 4.69) is 25.1 Å². The highest BCUT2D eigenvalue weighted by molar-refractivity contribution is 5.81. The summed E-state index contributed by atoms with van der Waals surface area (Å²) in [7, 11) is 0. The Balaban J connectivity index is 1.69. The van der Waals surface area contributed by atoms with E-state index in [1.54, 1.807) is 0 Å². The summed E-state index contributed by atoms with van der Waals surface area (Å²) in [6.07, 6.45) is 5.57. The first kappa shape index (κ1) is 15.1. The van der Waals surface area contributed by atoms with Gasteiger partial charge in [-0.05, 0) is 55.7 Å². The van der Waals surface area contributed by atoms with Crippen LogP contribution in [0.1, 0.15) is 42.9 Å². The van der Waals surface area contributed by atoms with Gasteiger partial charge in [-0.2, -0.15) is 0 Å². The summed E-state index contributed by atoms with van der Waals surface area (Å²) < 4.78 is 0. The topological polar surface area (TPSA) is 63.4 Å². The van der Waals surface area contributed by atoms with Gasteiger partial charge in [-0.1, -0.05) is 18.2 Å². The van der Waals surface area contributed by atoms with Gasteiger partial charge in [0.2, 0.25) is 11.8 Å². The molecule has 0 aromatic heterocycles. The molecule has 0 saturated carbocycles. The first-order valence-corrected chi connectivity index (χ1v) is 8.24. The molecular formula is C18H24N2O2. The lowest BCUT2D eigenvalue weighted by Gasteiger charge is -2.37. The van der Waals surface area contributed by atoms with Crippen molar-refractivity contribution in [3.63, 3.8) is 0 Å². The summed E-state index contributed by atoms with van der Waals surface area (Å²) in [6.45, 7) is 2.53. The molecule has 0 radical (unpaired) electrons. The van der Waals surface area contributed by atoms with Gasteiger partial charge in [0.05, 0.1) is 12.3 Å². The average Bonchev–Trinajstić information content (AvgIpc) is 2.94. The summed E-state index contributed by atoms with van der Waals surface area (Å²) in [5.74, 6) is -0.376. The van der Waals surface area contributed by atoms with E-state index < -0.39 is 0 Å². The Morgan fingerprint density at radius 1 is 1.23 bits per heavy atom. The summed E-state index contributed by atoms with van der Waals surface area (Å²) in [5, 5.41) is 0. The smallest absolute Gasteiger partial charge is 0.227 e. The zero-order valence-corrected chi connectivity index (χ0v) is 13.2. The number of aryl methyl sites for hydroxylation is 2. The van der Waals surface area contributed by atoms with Crippen LogP contribution in [0.5, 0.6) is 0 Å². The van der Waals surface area contributed by atoms with Crippen LogP contribution in [0.4, 0.5) is 0 Å². The van der Waals surface area contributed by atoms with E-state index in [4.69, 9.17) is 5.73 Å². The van der Waals surface area contributed by atoms with Crippen LogP contribution in [0, 0.1) is 5.92 Å². The fraction of sp³-hybridized carbons (Fsp3) is 0.556. The molecule has 0 spiro atoms. The highest BCUT2D eigenvalue weighted by Crippen LogP contribution is 2.25. The van der Waals surface area contributed by atoms with E-state index in [9.17, 15) is 9.59 Å². The normalized spacial score (nSPS) is 24.1. The van der Waals surface area contributed by atoms with Gasteiger partial charge in [0, 0.05) is 12.6 Å². The Kier molecular flexibility index (Phi) is 4.19. The van der Waals surface area contributed by atoms with Gasteiger partial charge in [-0.15, -0.1) is 0 Å². The molecule has 4 heteroatoms. The minimum atomic E-state index is -0.290. The van der Waals surface area contributed by atoms with Crippen LogP contribution in [-0.4, -0.2) is 29.3 Å². The second kappa shape index (κ2) is 6.11. The molecule has 118 valence electrons. The monoisotopic (exact) mass is 300 g/mol. The lowest BCUT2D eigenvalue weighted by molar-refractivity contribution is -0.136. The van der Waals surface area contributed by atoms with Crippen LogP contribution in [0.2, 0.25) is 0 Å².